The van der Waals surface area contributed by atoms with Gasteiger partial charge in [-0.05, 0) is 25.1 Å². The van der Waals surface area contributed by atoms with Crippen LogP contribution in [0.15, 0.2) is 55.0 Å². The maximum atomic E-state index is 6.32. The van der Waals surface area contributed by atoms with E-state index in [4.69, 9.17) is 11.6 Å². The van der Waals surface area contributed by atoms with Crippen LogP contribution in [0.5, 0.6) is 0 Å². The Morgan fingerprint density at radius 1 is 1.03 bits per heavy atom. The van der Waals surface area contributed by atoms with E-state index < -0.39 is 0 Å². The van der Waals surface area contributed by atoms with Crippen LogP contribution in [-0.2, 0) is 0 Å². The molecule has 0 amide bonds. The second kappa shape index (κ2) is 9.87. The van der Waals surface area contributed by atoms with E-state index in [0.29, 0.717) is 5.95 Å². The highest BCUT2D eigenvalue weighted by Gasteiger charge is 2.17. The molecular formula is C21H24Cl2N6. The number of halogens is 2. The molecule has 0 radical (unpaired) electrons. The molecule has 3 aromatic rings. The Labute approximate surface area is 182 Å². The largest absolute Gasteiger partial charge is 0.368 e. The summed E-state index contributed by atoms with van der Waals surface area (Å²) in [6.07, 6.45) is 9.63. The van der Waals surface area contributed by atoms with Crippen molar-refractivity contribution in [3.8, 4) is 5.95 Å². The molecule has 8 heteroatoms. The number of hydrogen-bond acceptors (Lipinski definition) is 5. The third-order valence-corrected chi connectivity index (χ3v) is 5.34. The molecule has 0 bridgehead atoms. The van der Waals surface area contributed by atoms with Crippen molar-refractivity contribution >= 4 is 35.8 Å². The standard InChI is InChI=1S/C21H23ClN6.ClH/c1-17-18(16-25-28(17)21-23-9-5-10-24-21)6-4-11-26-12-14-27(15-13-26)20-8-3-2-7-19(20)22;/h2-10,16H,11-15H2,1H3;1H. The summed E-state index contributed by atoms with van der Waals surface area (Å²) in [6, 6.07) is 9.86. The van der Waals surface area contributed by atoms with Crippen molar-refractivity contribution in [2.24, 2.45) is 0 Å². The molecule has 1 aliphatic rings. The molecule has 1 aromatic carbocycles. The second-order valence-electron chi connectivity index (χ2n) is 6.79. The zero-order chi connectivity index (χ0) is 19.3. The molecule has 1 aliphatic heterocycles. The Balaban J connectivity index is 0.00000240. The second-order valence-corrected chi connectivity index (χ2v) is 7.19. The minimum Gasteiger partial charge on any atom is -0.368 e. The third kappa shape index (κ3) is 4.96. The molecule has 0 saturated carbocycles. The van der Waals surface area contributed by atoms with E-state index in [9.17, 15) is 0 Å². The number of para-hydroxylation sites is 1. The number of aromatic nitrogens is 4. The Kier molecular flexibility index (Phi) is 7.25. The van der Waals surface area contributed by atoms with Gasteiger partial charge in [-0.25, -0.2) is 14.6 Å². The van der Waals surface area contributed by atoms with Crippen LogP contribution in [0.25, 0.3) is 12.0 Å². The number of anilines is 1. The lowest BCUT2D eigenvalue weighted by Gasteiger charge is -2.36. The lowest BCUT2D eigenvalue weighted by molar-refractivity contribution is 0.284. The Morgan fingerprint density at radius 3 is 2.48 bits per heavy atom. The van der Waals surface area contributed by atoms with E-state index in [1.54, 1.807) is 23.1 Å². The van der Waals surface area contributed by atoms with E-state index in [2.05, 4.69) is 43.1 Å². The molecule has 6 nitrogen and oxygen atoms in total. The van der Waals surface area contributed by atoms with Gasteiger partial charge in [-0.1, -0.05) is 35.9 Å². The molecule has 1 saturated heterocycles. The normalized spacial score (nSPS) is 14.9. The molecule has 4 rings (SSSR count). The number of piperazine rings is 1. The summed E-state index contributed by atoms with van der Waals surface area (Å²) in [5.41, 5.74) is 3.25. The van der Waals surface area contributed by atoms with Crippen molar-refractivity contribution in [3.63, 3.8) is 0 Å². The first kappa shape index (κ1) is 21.3. The number of hydrogen-bond donors (Lipinski definition) is 0. The summed E-state index contributed by atoms with van der Waals surface area (Å²) >= 11 is 6.32. The van der Waals surface area contributed by atoms with Gasteiger partial charge in [0.15, 0.2) is 0 Å². The van der Waals surface area contributed by atoms with Crippen molar-refractivity contribution in [2.45, 2.75) is 6.92 Å². The molecule has 0 aliphatic carbocycles. The van der Waals surface area contributed by atoms with Crippen LogP contribution in [0.4, 0.5) is 5.69 Å². The predicted molar refractivity (Wildman–Crippen MR) is 120 cm³/mol. The summed E-state index contributed by atoms with van der Waals surface area (Å²) in [7, 11) is 0. The van der Waals surface area contributed by atoms with Crippen LogP contribution in [0.3, 0.4) is 0 Å². The highest BCUT2D eigenvalue weighted by molar-refractivity contribution is 6.33. The maximum absolute atomic E-state index is 6.32. The summed E-state index contributed by atoms with van der Waals surface area (Å²) in [5.74, 6) is 0.593. The van der Waals surface area contributed by atoms with Gasteiger partial charge >= 0.3 is 0 Å². The zero-order valence-electron chi connectivity index (χ0n) is 16.3. The quantitative estimate of drug-likeness (QED) is 0.614. The van der Waals surface area contributed by atoms with Gasteiger partial charge in [-0.15, -0.1) is 12.4 Å². The molecule has 0 spiro atoms. The van der Waals surface area contributed by atoms with Gasteiger partial charge < -0.3 is 4.90 Å². The maximum Gasteiger partial charge on any atom is 0.250 e. The lowest BCUT2D eigenvalue weighted by Crippen LogP contribution is -2.46. The first-order valence-corrected chi connectivity index (χ1v) is 9.80. The molecule has 1 fully saturated rings. The molecule has 0 atom stereocenters. The minimum atomic E-state index is 0. The molecule has 2 aromatic heterocycles. The number of rotatable bonds is 5. The molecule has 0 unspecified atom stereocenters. The van der Waals surface area contributed by atoms with Crippen LogP contribution in [-0.4, -0.2) is 57.4 Å². The van der Waals surface area contributed by atoms with Crippen LogP contribution in [0.2, 0.25) is 5.02 Å². The molecule has 29 heavy (non-hydrogen) atoms. The van der Waals surface area contributed by atoms with Gasteiger partial charge in [0.05, 0.1) is 22.6 Å². The fraction of sp³-hybridized carbons (Fsp3) is 0.286. The monoisotopic (exact) mass is 430 g/mol. The van der Waals surface area contributed by atoms with Crippen molar-refractivity contribution in [1.82, 2.24) is 24.6 Å². The van der Waals surface area contributed by atoms with Crippen molar-refractivity contribution in [3.05, 3.63) is 71.3 Å². The summed E-state index contributed by atoms with van der Waals surface area (Å²) in [5, 5.41) is 5.24. The molecule has 3 heterocycles. The molecule has 0 N–H and O–H groups in total. The smallest absolute Gasteiger partial charge is 0.250 e. The van der Waals surface area contributed by atoms with E-state index in [-0.39, 0.29) is 12.4 Å². The van der Waals surface area contributed by atoms with Crippen LogP contribution >= 0.6 is 24.0 Å². The van der Waals surface area contributed by atoms with E-state index in [1.165, 1.54) is 0 Å². The number of benzene rings is 1. The molecular weight excluding hydrogens is 407 g/mol. The van der Waals surface area contributed by atoms with Gasteiger partial charge in [0.1, 0.15) is 0 Å². The Morgan fingerprint density at radius 2 is 1.76 bits per heavy atom. The van der Waals surface area contributed by atoms with E-state index in [0.717, 1.165) is 54.7 Å². The van der Waals surface area contributed by atoms with Gasteiger partial charge in [0, 0.05) is 50.7 Å². The van der Waals surface area contributed by atoms with Crippen LogP contribution < -0.4 is 4.90 Å². The van der Waals surface area contributed by atoms with Crippen molar-refractivity contribution < 1.29 is 0 Å². The first-order valence-electron chi connectivity index (χ1n) is 9.43. The van der Waals surface area contributed by atoms with E-state index >= 15 is 0 Å². The van der Waals surface area contributed by atoms with Crippen molar-refractivity contribution in [2.75, 3.05) is 37.6 Å². The highest BCUT2D eigenvalue weighted by atomic mass is 35.5. The predicted octanol–water partition coefficient (Wildman–Crippen LogP) is 3.88. The van der Waals surface area contributed by atoms with Gasteiger partial charge in [0.25, 0.3) is 5.95 Å². The Bertz CT molecular complexity index is 949. The summed E-state index contributed by atoms with van der Waals surface area (Å²) in [6.45, 7) is 6.96. The minimum absolute atomic E-state index is 0. The lowest BCUT2D eigenvalue weighted by atomic mass is 10.2. The van der Waals surface area contributed by atoms with Gasteiger partial charge in [-0.2, -0.15) is 5.10 Å². The van der Waals surface area contributed by atoms with Gasteiger partial charge in [-0.3, -0.25) is 4.90 Å². The van der Waals surface area contributed by atoms with Crippen LogP contribution in [0, 0.1) is 6.92 Å². The zero-order valence-corrected chi connectivity index (χ0v) is 17.9. The average molecular weight is 431 g/mol. The third-order valence-electron chi connectivity index (χ3n) is 5.02. The van der Waals surface area contributed by atoms with Gasteiger partial charge in [0.2, 0.25) is 0 Å². The van der Waals surface area contributed by atoms with Crippen LogP contribution in [0.1, 0.15) is 11.3 Å². The fourth-order valence-corrected chi connectivity index (χ4v) is 3.65. The highest BCUT2D eigenvalue weighted by Crippen LogP contribution is 2.26. The SMILES string of the molecule is Cc1c(C=CCN2CCN(c3ccccc3Cl)CC2)cnn1-c1ncccn1.Cl. The fourth-order valence-electron chi connectivity index (χ4n) is 3.40. The topological polar surface area (TPSA) is 50.1 Å². The number of nitrogens with zero attached hydrogens (tertiary/aromatic N) is 6. The molecule has 152 valence electrons. The van der Waals surface area contributed by atoms with Crippen molar-refractivity contribution in [1.29, 1.82) is 0 Å². The summed E-state index contributed by atoms with van der Waals surface area (Å²) < 4.78 is 1.77. The summed E-state index contributed by atoms with van der Waals surface area (Å²) in [4.78, 5) is 13.3. The average Bonchev–Trinajstić information content (AvgIpc) is 3.10. The Hall–Kier alpha value is -2.41. The first-order chi connectivity index (χ1) is 13.7. The van der Waals surface area contributed by atoms with E-state index in [1.807, 2.05) is 31.3 Å².